The Bertz CT molecular complexity index is 1150. The maximum atomic E-state index is 13.4. The molecule has 0 spiro atoms. The van der Waals surface area contributed by atoms with Gasteiger partial charge in [-0.3, -0.25) is 4.68 Å². The molecule has 0 aromatic carbocycles. The number of rotatable bonds is 5. The summed E-state index contributed by atoms with van der Waals surface area (Å²) in [6, 6.07) is 2.05. The van der Waals surface area contributed by atoms with Crippen LogP contribution in [0, 0.1) is 6.92 Å². The largest absolute Gasteiger partial charge is 0.271 e. The smallest absolute Gasteiger partial charge is 0.246 e. The maximum Gasteiger partial charge on any atom is 0.246 e. The SMILES string of the molecule is CCn1cc(S(=O)(=O)N2CCC(c3cn4ncnc4cc3C)CC2)c(C2CC2)n1. The first kappa shape index (κ1) is 18.7. The van der Waals surface area contributed by atoms with Crippen molar-refractivity contribution in [3.8, 4) is 0 Å². The minimum Gasteiger partial charge on any atom is -0.271 e. The number of nitrogens with zero attached hydrogens (tertiary/aromatic N) is 6. The fraction of sp³-hybridized carbons (Fsp3) is 0.550. The first-order valence-electron chi connectivity index (χ1n) is 10.3. The molecule has 9 heteroatoms. The van der Waals surface area contributed by atoms with Crippen molar-refractivity contribution in [1.29, 1.82) is 0 Å². The Morgan fingerprint density at radius 3 is 2.55 bits per heavy atom. The predicted octanol–water partition coefficient (Wildman–Crippen LogP) is 2.70. The van der Waals surface area contributed by atoms with Gasteiger partial charge in [0.15, 0.2) is 5.65 Å². The van der Waals surface area contributed by atoms with Crippen LogP contribution in [0.25, 0.3) is 5.65 Å². The topological polar surface area (TPSA) is 85.4 Å². The molecule has 0 amide bonds. The van der Waals surface area contributed by atoms with Crippen LogP contribution in [-0.2, 0) is 16.6 Å². The van der Waals surface area contributed by atoms with E-state index in [2.05, 4.69) is 22.1 Å². The van der Waals surface area contributed by atoms with Crippen LogP contribution < -0.4 is 0 Å². The van der Waals surface area contributed by atoms with Crippen LogP contribution >= 0.6 is 0 Å². The molecule has 3 aromatic heterocycles. The fourth-order valence-electron chi connectivity index (χ4n) is 4.36. The van der Waals surface area contributed by atoms with E-state index >= 15 is 0 Å². The van der Waals surface area contributed by atoms with Crippen molar-refractivity contribution in [3.05, 3.63) is 41.6 Å². The molecule has 1 saturated carbocycles. The summed E-state index contributed by atoms with van der Waals surface area (Å²) in [4.78, 5) is 4.65. The van der Waals surface area contributed by atoms with Crippen LogP contribution in [0.3, 0.4) is 0 Å². The number of fused-ring (bicyclic) bond motifs is 1. The van der Waals surface area contributed by atoms with Crippen molar-refractivity contribution >= 4 is 15.7 Å². The second-order valence-electron chi connectivity index (χ2n) is 8.16. The first-order chi connectivity index (χ1) is 14.0. The van der Waals surface area contributed by atoms with E-state index in [0.717, 1.165) is 37.0 Å². The molecular formula is C20H26N6O2S. The monoisotopic (exact) mass is 414 g/mol. The Hall–Kier alpha value is -2.26. The Kier molecular flexibility index (Phi) is 4.47. The van der Waals surface area contributed by atoms with Gasteiger partial charge in [-0.05, 0) is 62.6 Å². The Morgan fingerprint density at radius 2 is 1.86 bits per heavy atom. The number of sulfonamides is 1. The van der Waals surface area contributed by atoms with E-state index in [1.807, 2.05) is 19.2 Å². The highest BCUT2D eigenvalue weighted by molar-refractivity contribution is 7.89. The van der Waals surface area contributed by atoms with E-state index in [4.69, 9.17) is 0 Å². The summed E-state index contributed by atoms with van der Waals surface area (Å²) in [7, 11) is -3.51. The molecule has 8 nitrogen and oxygen atoms in total. The van der Waals surface area contributed by atoms with Gasteiger partial charge in [-0.1, -0.05) is 0 Å². The lowest BCUT2D eigenvalue weighted by Crippen LogP contribution is -2.38. The normalized spacial score (nSPS) is 19.2. The zero-order chi connectivity index (χ0) is 20.2. The number of piperidine rings is 1. The maximum absolute atomic E-state index is 13.4. The van der Waals surface area contributed by atoms with Crippen molar-refractivity contribution in [2.24, 2.45) is 0 Å². The molecule has 2 aliphatic rings. The van der Waals surface area contributed by atoms with E-state index in [9.17, 15) is 8.42 Å². The van der Waals surface area contributed by atoms with E-state index in [-0.39, 0.29) is 0 Å². The fourth-order valence-corrected chi connectivity index (χ4v) is 6.06. The van der Waals surface area contributed by atoms with Gasteiger partial charge in [-0.2, -0.15) is 14.5 Å². The lowest BCUT2D eigenvalue weighted by atomic mass is 9.89. The second-order valence-corrected chi connectivity index (χ2v) is 10.1. The molecule has 0 atom stereocenters. The van der Waals surface area contributed by atoms with Crippen molar-refractivity contribution in [2.45, 2.75) is 62.8 Å². The van der Waals surface area contributed by atoms with Crippen LogP contribution in [0.15, 0.2) is 29.7 Å². The highest BCUT2D eigenvalue weighted by Gasteiger charge is 2.38. The zero-order valence-electron chi connectivity index (χ0n) is 16.8. The van der Waals surface area contributed by atoms with Gasteiger partial charge in [0.1, 0.15) is 11.2 Å². The molecule has 1 aliphatic carbocycles. The second kappa shape index (κ2) is 6.91. The van der Waals surface area contributed by atoms with Crippen molar-refractivity contribution in [3.63, 3.8) is 0 Å². The number of hydrogen-bond donors (Lipinski definition) is 0. The average molecular weight is 415 g/mol. The zero-order valence-corrected chi connectivity index (χ0v) is 17.6. The van der Waals surface area contributed by atoms with Gasteiger partial charge in [0.25, 0.3) is 0 Å². The van der Waals surface area contributed by atoms with Crippen LogP contribution in [0.4, 0.5) is 0 Å². The molecule has 0 radical (unpaired) electrons. The van der Waals surface area contributed by atoms with Gasteiger partial charge in [-0.25, -0.2) is 17.9 Å². The number of hydrogen-bond acceptors (Lipinski definition) is 5. The van der Waals surface area contributed by atoms with E-state index < -0.39 is 10.0 Å². The van der Waals surface area contributed by atoms with Gasteiger partial charge < -0.3 is 0 Å². The van der Waals surface area contributed by atoms with Crippen LogP contribution in [0.2, 0.25) is 0 Å². The minimum atomic E-state index is -3.51. The van der Waals surface area contributed by atoms with Crippen molar-refractivity contribution in [2.75, 3.05) is 13.1 Å². The van der Waals surface area contributed by atoms with Crippen molar-refractivity contribution < 1.29 is 8.42 Å². The predicted molar refractivity (Wildman–Crippen MR) is 108 cm³/mol. The summed E-state index contributed by atoms with van der Waals surface area (Å²) in [5.41, 5.74) is 4.03. The highest BCUT2D eigenvalue weighted by atomic mass is 32.2. The van der Waals surface area contributed by atoms with E-state index in [1.54, 1.807) is 26.0 Å². The molecule has 154 valence electrons. The molecule has 1 aliphatic heterocycles. The average Bonchev–Trinajstić information content (AvgIpc) is 3.30. The lowest BCUT2D eigenvalue weighted by Gasteiger charge is -2.32. The molecule has 0 unspecified atom stereocenters. The van der Waals surface area contributed by atoms with Crippen LogP contribution in [-0.4, -0.2) is 50.2 Å². The standard InChI is InChI=1S/C20H26N6O2S/c1-3-24-12-18(20(23-24)16-4-5-16)29(27,28)25-8-6-15(7-9-25)17-11-26-19(10-14(17)2)21-13-22-26/h10-13,15-16H,3-9H2,1-2H3. The third kappa shape index (κ3) is 3.26. The molecule has 0 bridgehead atoms. The van der Waals surface area contributed by atoms with Gasteiger partial charge >= 0.3 is 0 Å². The Labute approximate surface area is 170 Å². The summed E-state index contributed by atoms with van der Waals surface area (Å²) in [6.07, 6.45) is 9.01. The third-order valence-electron chi connectivity index (χ3n) is 6.22. The quantitative estimate of drug-likeness (QED) is 0.641. The molecule has 0 N–H and O–H groups in total. The molecular weight excluding hydrogens is 388 g/mol. The summed E-state index contributed by atoms with van der Waals surface area (Å²) in [5, 5.41) is 8.79. The van der Waals surface area contributed by atoms with Crippen LogP contribution in [0.5, 0.6) is 0 Å². The summed E-state index contributed by atoms with van der Waals surface area (Å²) in [6.45, 7) is 5.82. The van der Waals surface area contributed by atoms with Gasteiger partial charge in [0.05, 0.1) is 5.69 Å². The minimum absolute atomic E-state index is 0.308. The van der Waals surface area contributed by atoms with Crippen LogP contribution in [0.1, 0.15) is 61.3 Å². The van der Waals surface area contributed by atoms with E-state index in [0.29, 0.717) is 36.4 Å². The third-order valence-corrected chi connectivity index (χ3v) is 8.13. The number of pyridine rings is 1. The van der Waals surface area contributed by atoms with Gasteiger partial charge in [0.2, 0.25) is 10.0 Å². The molecule has 4 heterocycles. The summed E-state index contributed by atoms with van der Waals surface area (Å²) >= 11 is 0. The first-order valence-corrected chi connectivity index (χ1v) is 11.8. The van der Waals surface area contributed by atoms with Gasteiger partial charge in [-0.15, -0.1) is 0 Å². The summed E-state index contributed by atoms with van der Waals surface area (Å²) < 4.78 is 31.9. The lowest BCUT2D eigenvalue weighted by molar-refractivity contribution is 0.318. The Morgan fingerprint density at radius 1 is 1.10 bits per heavy atom. The van der Waals surface area contributed by atoms with Gasteiger partial charge in [0, 0.05) is 37.9 Å². The number of aryl methyl sites for hydroxylation is 2. The highest BCUT2D eigenvalue weighted by Crippen LogP contribution is 2.43. The number of aromatic nitrogens is 5. The molecule has 3 aromatic rings. The Balaban J connectivity index is 1.37. The molecule has 1 saturated heterocycles. The molecule has 5 rings (SSSR count). The molecule has 29 heavy (non-hydrogen) atoms. The molecule has 2 fully saturated rings. The summed E-state index contributed by atoms with van der Waals surface area (Å²) in [5.74, 6) is 0.637. The van der Waals surface area contributed by atoms with E-state index in [1.165, 1.54) is 11.1 Å². The van der Waals surface area contributed by atoms with Crippen molar-refractivity contribution in [1.82, 2.24) is 28.7 Å².